The van der Waals surface area contributed by atoms with E-state index in [1.807, 2.05) is 6.92 Å². The highest BCUT2D eigenvalue weighted by Gasteiger charge is 2.30. The molecule has 0 fully saturated rings. The van der Waals surface area contributed by atoms with Crippen molar-refractivity contribution in [1.82, 2.24) is 5.32 Å². The van der Waals surface area contributed by atoms with Gasteiger partial charge in [-0.1, -0.05) is 24.3 Å². The van der Waals surface area contributed by atoms with Crippen LogP contribution in [0.2, 0.25) is 0 Å². The second-order valence-electron chi connectivity index (χ2n) is 4.85. The summed E-state index contributed by atoms with van der Waals surface area (Å²) >= 11 is 0. The van der Waals surface area contributed by atoms with Gasteiger partial charge >= 0.3 is 6.18 Å². The monoisotopic (exact) mass is 297 g/mol. The fraction of sp³-hybridized carbons (Fsp3) is 0.250. The number of benzene rings is 2. The predicted molar refractivity (Wildman–Crippen MR) is 73.1 cm³/mol. The smallest absolute Gasteiger partial charge is 0.306 e. The van der Waals surface area contributed by atoms with Crippen molar-refractivity contribution >= 4 is 0 Å². The van der Waals surface area contributed by atoms with Crippen LogP contribution in [0.5, 0.6) is 0 Å². The Morgan fingerprint density at radius 1 is 1.05 bits per heavy atom. The molecule has 2 rings (SSSR count). The highest BCUT2D eigenvalue weighted by atomic mass is 19.4. The number of hydrogen-bond donors (Lipinski definition) is 1. The Labute approximate surface area is 120 Å². The van der Waals surface area contributed by atoms with Gasteiger partial charge in [0.05, 0.1) is 5.56 Å². The van der Waals surface area contributed by atoms with Crippen molar-refractivity contribution < 1.29 is 17.6 Å². The van der Waals surface area contributed by atoms with Crippen molar-refractivity contribution in [2.75, 3.05) is 0 Å². The molecule has 0 aliphatic carbocycles. The molecule has 0 amide bonds. The van der Waals surface area contributed by atoms with Gasteiger partial charge in [-0.25, -0.2) is 4.39 Å². The summed E-state index contributed by atoms with van der Waals surface area (Å²) in [6.07, 6.45) is -4.32. The van der Waals surface area contributed by atoms with E-state index in [1.165, 1.54) is 24.3 Å². The third-order valence-corrected chi connectivity index (χ3v) is 3.24. The Balaban J connectivity index is 1.99. The highest BCUT2D eigenvalue weighted by Crippen LogP contribution is 2.29. The highest BCUT2D eigenvalue weighted by molar-refractivity contribution is 5.26. The summed E-state index contributed by atoms with van der Waals surface area (Å²) in [6, 6.07) is 11.1. The molecule has 21 heavy (non-hydrogen) atoms. The zero-order chi connectivity index (χ0) is 15.5. The van der Waals surface area contributed by atoms with Gasteiger partial charge in [-0.15, -0.1) is 0 Å². The molecule has 1 unspecified atom stereocenters. The molecule has 1 N–H and O–H groups in total. The summed E-state index contributed by atoms with van der Waals surface area (Å²) in [4.78, 5) is 0. The lowest BCUT2D eigenvalue weighted by Gasteiger charge is -2.15. The molecule has 0 saturated carbocycles. The normalized spacial score (nSPS) is 13.2. The Hall–Kier alpha value is -1.88. The number of hydrogen-bond acceptors (Lipinski definition) is 1. The van der Waals surface area contributed by atoms with Gasteiger partial charge in [-0.3, -0.25) is 0 Å². The summed E-state index contributed by atoms with van der Waals surface area (Å²) in [6.45, 7) is 2.29. The molecule has 5 heteroatoms. The third-order valence-electron chi connectivity index (χ3n) is 3.24. The molecule has 0 bridgehead atoms. The van der Waals surface area contributed by atoms with Crippen LogP contribution in [-0.2, 0) is 12.7 Å². The standard InChI is InChI=1S/C16H15F4N/c1-11(21-10-12-3-2-4-15(17)9-12)13-5-7-14(8-6-13)16(18,19)20/h2-9,11,21H,10H2,1H3. The first kappa shape index (κ1) is 15.5. The van der Waals surface area contributed by atoms with E-state index in [-0.39, 0.29) is 11.9 Å². The molecule has 0 aliphatic heterocycles. The number of rotatable bonds is 4. The van der Waals surface area contributed by atoms with Crippen molar-refractivity contribution in [3.8, 4) is 0 Å². The Morgan fingerprint density at radius 2 is 1.71 bits per heavy atom. The van der Waals surface area contributed by atoms with Crippen LogP contribution >= 0.6 is 0 Å². The van der Waals surface area contributed by atoms with Crippen LogP contribution in [0.3, 0.4) is 0 Å². The molecular formula is C16H15F4N. The van der Waals surface area contributed by atoms with Crippen LogP contribution in [0.4, 0.5) is 17.6 Å². The van der Waals surface area contributed by atoms with Gasteiger partial charge in [-0.2, -0.15) is 13.2 Å². The quantitative estimate of drug-likeness (QED) is 0.807. The molecule has 2 aromatic rings. The first-order valence-electron chi connectivity index (χ1n) is 6.51. The second kappa shape index (κ2) is 6.26. The van der Waals surface area contributed by atoms with Gasteiger partial charge in [0.2, 0.25) is 0 Å². The van der Waals surface area contributed by atoms with E-state index in [1.54, 1.807) is 12.1 Å². The fourth-order valence-corrected chi connectivity index (χ4v) is 2.00. The number of alkyl halides is 3. The minimum Gasteiger partial charge on any atom is -0.306 e. The first-order valence-corrected chi connectivity index (χ1v) is 6.51. The molecule has 112 valence electrons. The van der Waals surface area contributed by atoms with Crippen LogP contribution in [0.25, 0.3) is 0 Å². The lowest BCUT2D eigenvalue weighted by Crippen LogP contribution is -2.18. The summed E-state index contributed by atoms with van der Waals surface area (Å²) in [5.74, 6) is -0.309. The number of nitrogens with one attached hydrogen (secondary N) is 1. The molecule has 0 aliphatic rings. The van der Waals surface area contributed by atoms with Crippen molar-refractivity contribution in [1.29, 1.82) is 0 Å². The molecule has 0 spiro atoms. The van der Waals surface area contributed by atoms with Gasteiger partial charge in [0, 0.05) is 12.6 Å². The van der Waals surface area contributed by atoms with Crippen molar-refractivity contribution in [3.05, 3.63) is 71.0 Å². The lowest BCUT2D eigenvalue weighted by atomic mass is 10.1. The molecule has 2 aromatic carbocycles. The van der Waals surface area contributed by atoms with Crippen LogP contribution in [0.1, 0.15) is 29.7 Å². The van der Waals surface area contributed by atoms with E-state index in [0.717, 1.165) is 23.3 Å². The van der Waals surface area contributed by atoms with E-state index in [4.69, 9.17) is 0 Å². The average molecular weight is 297 g/mol. The minimum absolute atomic E-state index is 0.129. The van der Waals surface area contributed by atoms with Gasteiger partial charge in [0.1, 0.15) is 5.82 Å². The topological polar surface area (TPSA) is 12.0 Å². The molecule has 0 radical (unpaired) electrons. The number of halogens is 4. The molecule has 0 heterocycles. The van der Waals surface area contributed by atoms with Crippen molar-refractivity contribution in [3.63, 3.8) is 0 Å². The van der Waals surface area contributed by atoms with Crippen LogP contribution < -0.4 is 5.32 Å². The fourth-order valence-electron chi connectivity index (χ4n) is 2.00. The Kier molecular flexibility index (Phi) is 4.63. The predicted octanol–water partition coefficient (Wildman–Crippen LogP) is 4.70. The van der Waals surface area contributed by atoms with Crippen LogP contribution in [-0.4, -0.2) is 0 Å². The molecule has 1 nitrogen and oxygen atoms in total. The van der Waals surface area contributed by atoms with Gasteiger partial charge in [-0.05, 0) is 42.3 Å². The van der Waals surface area contributed by atoms with Gasteiger partial charge < -0.3 is 5.32 Å². The van der Waals surface area contributed by atoms with Gasteiger partial charge in [0.15, 0.2) is 0 Å². The summed E-state index contributed by atoms with van der Waals surface area (Å²) in [5.41, 5.74) is 0.872. The summed E-state index contributed by atoms with van der Waals surface area (Å²) < 4.78 is 50.5. The van der Waals surface area contributed by atoms with Gasteiger partial charge in [0.25, 0.3) is 0 Å². The maximum atomic E-state index is 13.0. The minimum atomic E-state index is -4.32. The lowest BCUT2D eigenvalue weighted by molar-refractivity contribution is -0.137. The summed E-state index contributed by atoms with van der Waals surface area (Å²) in [5, 5.41) is 3.15. The SMILES string of the molecule is CC(NCc1cccc(F)c1)c1ccc(C(F)(F)F)cc1. The van der Waals surface area contributed by atoms with Crippen molar-refractivity contribution in [2.45, 2.75) is 25.7 Å². The third kappa shape index (κ3) is 4.29. The molecule has 0 aromatic heterocycles. The Bertz CT molecular complexity index is 590. The zero-order valence-corrected chi connectivity index (χ0v) is 11.4. The molecule has 1 atom stereocenters. The van der Waals surface area contributed by atoms with E-state index in [0.29, 0.717) is 6.54 Å². The van der Waals surface area contributed by atoms with E-state index in [9.17, 15) is 17.6 Å². The van der Waals surface area contributed by atoms with E-state index >= 15 is 0 Å². The molecular weight excluding hydrogens is 282 g/mol. The van der Waals surface area contributed by atoms with E-state index in [2.05, 4.69) is 5.32 Å². The maximum Gasteiger partial charge on any atom is 0.416 e. The molecule has 0 saturated heterocycles. The Morgan fingerprint density at radius 3 is 2.29 bits per heavy atom. The van der Waals surface area contributed by atoms with Crippen molar-refractivity contribution in [2.24, 2.45) is 0 Å². The van der Waals surface area contributed by atoms with E-state index < -0.39 is 11.7 Å². The first-order chi connectivity index (χ1) is 9.86. The maximum absolute atomic E-state index is 13.0. The average Bonchev–Trinajstić information content (AvgIpc) is 2.44. The zero-order valence-electron chi connectivity index (χ0n) is 11.4. The van der Waals surface area contributed by atoms with Crippen LogP contribution in [0, 0.1) is 5.82 Å². The summed E-state index contributed by atoms with van der Waals surface area (Å²) in [7, 11) is 0. The second-order valence-corrected chi connectivity index (χ2v) is 4.85. The van der Waals surface area contributed by atoms with Crippen LogP contribution in [0.15, 0.2) is 48.5 Å². The largest absolute Gasteiger partial charge is 0.416 e.